The molecule has 9 nitrogen and oxygen atoms in total. The molecule has 0 unspecified atom stereocenters. The predicted molar refractivity (Wildman–Crippen MR) is 96.5 cm³/mol. The fourth-order valence-corrected chi connectivity index (χ4v) is 2.32. The van der Waals surface area contributed by atoms with E-state index in [1.807, 2.05) is 0 Å². The van der Waals surface area contributed by atoms with E-state index in [1.165, 1.54) is 7.11 Å². The molecule has 3 aromatic rings. The third-order valence-corrected chi connectivity index (χ3v) is 3.60. The van der Waals surface area contributed by atoms with Gasteiger partial charge in [0.15, 0.2) is 12.3 Å². The maximum absolute atomic E-state index is 12.1. The molecular weight excluding hydrogens is 352 g/mol. The van der Waals surface area contributed by atoms with Crippen molar-refractivity contribution in [3.63, 3.8) is 0 Å². The topological polar surface area (TPSA) is 122 Å². The lowest BCUT2D eigenvalue weighted by molar-refractivity contribution is -0.123. The molecule has 0 fully saturated rings. The second kappa shape index (κ2) is 8.00. The molecule has 9 heteroatoms. The summed E-state index contributed by atoms with van der Waals surface area (Å²) in [5, 5.41) is 11.7. The van der Waals surface area contributed by atoms with Crippen LogP contribution in [0.1, 0.15) is 10.5 Å². The molecule has 0 aliphatic rings. The summed E-state index contributed by atoms with van der Waals surface area (Å²) in [6, 6.07) is 12.8. The first-order chi connectivity index (χ1) is 13.1. The van der Waals surface area contributed by atoms with Crippen molar-refractivity contribution in [3.8, 4) is 5.75 Å². The number of aromatic amines is 1. The zero-order valence-electron chi connectivity index (χ0n) is 14.3. The molecule has 27 heavy (non-hydrogen) atoms. The number of aromatic nitrogens is 2. The summed E-state index contributed by atoms with van der Waals surface area (Å²) in [4.78, 5) is 35.6. The molecule has 0 bridgehead atoms. The van der Waals surface area contributed by atoms with Crippen LogP contribution in [0.5, 0.6) is 5.75 Å². The smallest absolute Gasteiger partial charge is 0.359 e. The highest BCUT2D eigenvalue weighted by molar-refractivity contribution is 6.04. The van der Waals surface area contributed by atoms with Gasteiger partial charge in [0, 0.05) is 11.1 Å². The van der Waals surface area contributed by atoms with Gasteiger partial charge in [0.1, 0.15) is 5.75 Å². The molecule has 3 N–H and O–H groups in total. The molecule has 1 heterocycles. The van der Waals surface area contributed by atoms with Crippen molar-refractivity contribution < 1.29 is 23.9 Å². The average molecular weight is 368 g/mol. The molecule has 0 aliphatic carbocycles. The number of ether oxygens (including phenoxy) is 2. The monoisotopic (exact) mass is 368 g/mol. The van der Waals surface area contributed by atoms with Crippen molar-refractivity contribution in [2.45, 2.75) is 0 Å². The summed E-state index contributed by atoms with van der Waals surface area (Å²) in [5.41, 5.74) is 1.22. The van der Waals surface area contributed by atoms with Crippen LogP contribution in [0.25, 0.3) is 10.9 Å². The number of imide groups is 1. The first kappa shape index (κ1) is 17.9. The van der Waals surface area contributed by atoms with Gasteiger partial charge in [-0.05, 0) is 30.3 Å². The maximum Gasteiger partial charge on any atom is 0.359 e. The van der Waals surface area contributed by atoms with E-state index < -0.39 is 24.5 Å². The van der Waals surface area contributed by atoms with Crippen molar-refractivity contribution in [2.75, 3.05) is 19.0 Å². The Kier molecular flexibility index (Phi) is 5.31. The number of fused-ring (bicyclic) bond motifs is 1. The summed E-state index contributed by atoms with van der Waals surface area (Å²) in [5.74, 6) is -0.901. The molecule has 0 radical (unpaired) electrons. The second-order valence-electron chi connectivity index (χ2n) is 5.42. The van der Waals surface area contributed by atoms with E-state index in [1.54, 1.807) is 48.5 Å². The molecular formula is C18H16N4O5. The summed E-state index contributed by atoms with van der Waals surface area (Å²) in [6.45, 7) is -0.615. The number of nitrogens with zero attached hydrogens (tertiary/aromatic N) is 1. The zero-order chi connectivity index (χ0) is 19.2. The first-order valence-corrected chi connectivity index (χ1v) is 7.92. The highest BCUT2D eigenvalue weighted by Gasteiger charge is 2.17. The number of para-hydroxylation sites is 1. The average Bonchev–Trinajstić information content (AvgIpc) is 3.11. The van der Waals surface area contributed by atoms with E-state index in [-0.39, 0.29) is 5.69 Å². The van der Waals surface area contributed by atoms with Gasteiger partial charge in [-0.1, -0.05) is 18.2 Å². The van der Waals surface area contributed by atoms with Gasteiger partial charge in [-0.3, -0.25) is 15.2 Å². The van der Waals surface area contributed by atoms with Crippen molar-refractivity contribution in [2.24, 2.45) is 0 Å². The van der Waals surface area contributed by atoms with Gasteiger partial charge in [-0.2, -0.15) is 5.10 Å². The normalized spacial score (nSPS) is 10.3. The molecule has 0 spiro atoms. The molecule has 0 aliphatic heterocycles. The van der Waals surface area contributed by atoms with Gasteiger partial charge in [0.05, 0.1) is 12.6 Å². The molecule has 0 saturated carbocycles. The van der Waals surface area contributed by atoms with Gasteiger partial charge >= 0.3 is 12.0 Å². The predicted octanol–water partition coefficient (Wildman–Crippen LogP) is 2.08. The quantitative estimate of drug-likeness (QED) is 0.593. The minimum Gasteiger partial charge on any atom is -0.497 e. The Morgan fingerprint density at radius 1 is 1.07 bits per heavy atom. The minimum absolute atomic E-state index is 0.0704. The highest BCUT2D eigenvalue weighted by Crippen LogP contribution is 2.16. The lowest BCUT2D eigenvalue weighted by atomic mass is 10.2. The number of amides is 3. The van der Waals surface area contributed by atoms with Gasteiger partial charge in [0.25, 0.3) is 5.91 Å². The number of benzene rings is 2. The molecule has 1 aromatic heterocycles. The Morgan fingerprint density at radius 2 is 1.81 bits per heavy atom. The maximum atomic E-state index is 12.1. The van der Waals surface area contributed by atoms with Crippen molar-refractivity contribution in [1.29, 1.82) is 0 Å². The second-order valence-corrected chi connectivity index (χ2v) is 5.42. The molecule has 138 valence electrons. The number of rotatable bonds is 5. The fourth-order valence-electron chi connectivity index (χ4n) is 2.32. The Bertz CT molecular complexity index is 981. The Labute approximate surface area is 153 Å². The summed E-state index contributed by atoms with van der Waals surface area (Å²) in [7, 11) is 1.53. The van der Waals surface area contributed by atoms with Gasteiger partial charge in [-0.25, -0.2) is 9.59 Å². The number of carbonyl (C=O) groups excluding carboxylic acids is 3. The van der Waals surface area contributed by atoms with E-state index in [2.05, 4.69) is 20.8 Å². The molecule has 0 atom stereocenters. The standard InChI is InChI=1S/C18H16N4O5/c1-26-12-8-6-11(7-9-12)19-18(25)20-15(23)10-27-17(24)16-13-4-2-3-5-14(13)21-22-16/h2-9H,10H2,1H3,(H,21,22)(H2,19,20,23,25). The Balaban J connectivity index is 1.50. The number of nitrogens with one attached hydrogen (secondary N) is 3. The lowest BCUT2D eigenvalue weighted by Crippen LogP contribution is -2.37. The van der Waals surface area contributed by atoms with Crippen LogP contribution in [0.3, 0.4) is 0 Å². The van der Waals surface area contributed by atoms with E-state index in [0.717, 1.165) is 0 Å². The van der Waals surface area contributed by atoms with Gasteiger partial charge in [0.2, 0.25) is 0 Å². The van der Waals surface area contributed by atoms with Crippen LogP contribution in [0, 0.1) is 0 Å². The van der Waals surface area contributed by atoms with Crippen LogP contribution in [-0.4, -0.2) is 41.8 Å². The van der Waals surface area contributed by atoms with Crippen molar-refractivity contribution >= 4 is 34.5 Å². The van der Waals surface area contributed by atoms with E-state index in [0.29, 0.717) is 22.3 Å². The number of carbonyl (C=O) groups is 3. The first-order valence-electron chi connectivity index (χ1n) is 7.92. The van der Waals surface area contributed by atoms with E-state index >= 15 is 0 Å². The summed E-state index contributed by atoms with van der Waals surface area (Å²) < 4.78 is 9.92. The largest absolute Gasteiger partial charge is 0.497 e. The van der Waals surface area contributed by atoms with Gasteiger partial charge < -0.3 is 14.8 Å². The van der Waals surface area contributed by atoms with Crippen molar-refractivity contribution in [1.82, 2.24) is 15.5 Å². The third-order valence-electron chi connectivity index (χ3n) is 3.60. The van der Waals surface area contributed by atoms with Crippen LogP contribution >= 0.6 is 0 Å². The Morgan fingerprint density at radius 3 is 2.56 bits per heavy atom. The summed E-state index contributed by atoms with van der Waals surface area (Å²) in [6.07, 6.45) is 0. The molecule has 2 aromatic carbocycles. The third kappa shape index (κ3) is 4.40. The number of methoxy groups -OCH3 is 1. The molecule has 0 saturated heterocycles. The van der Waals surface area contributed by atoms with Crippen LogP contribution in [0.2, 0.25) is 0 Å². The number of urea groups is 1. The SMILES string of the molecule is COc1ccc(NC(=O)NC(=O)COC(=O)c2n[nH]c3ccccc23)cc1. The zero-order valence-corrected chi connectivity index (χ0v) is 14.3. The summed E-state index contributed by atoms with van der Waals surface area (Å²) >= 11 is 0. The number of anilines is 1. The van der Waals surface area contributed by atoms with Crippen LogP contribution in [0.15, 0.2) is 48.5 Å². The molecule has 3 rings (SSSR count). The van der Waals surface area contributed by atoms with Gasteiger partial charge in [-0.15, -0.1) is 0 Å². The van der Waals surface area contributed by atoms with E-state index in [4.69, 9.17) is 9.47 Å². The Hall–Kier alpha value is -3.88. The molecule has 3 amide bonds. The van der Waals surface area contributed by atoms with Crippen LogP contribution < -0.4 is 15.4 Å². The van der Waals surface area contributed by atoms with Crippen molar-refractivity contribution in [3.05, 3.63) is 54.2 Å². The number of hydrogen-bond acceptors (Lipinski definition) is 6. The lowest BCUT2D eigenvalue weighted by Gasteiger charge is -2.07. The van der Waals surface area contributed by atoms with Crippen LogP contribution in [-0.2, 0) is 9.53 Å². The fraction of sp³-hybridized carbons (Fsp3) is 0.111. The number of esters is 1. The van der Waals surface area contributed by atoms with E-state index in [9.17, 15) is 14.4 Å². The van der Waals surface area contributed by atoms with Crippen LogP contribution in [0.4, 0.5) is 10.5 Å². The minimum atomic E-state index is -0.769. The number of H-pyrrole nitrogens is 1. The number of hydrogen-bond donors (Lipinski definition) is 3. The highest BCUT2D eigenvalue weighted by atomic mass is 16.5.